The number of aromatic nitrogens is 8. The van der Waals surface area contributed by atoms with Gasteiger partial charge in [-0.15, -0.1) is 22.7 Å². The Bertz CT molecular complexity index is 7320. The smallest absolute Gasteiger partial charge is 0.160 e. The maximum Gasteiger partial charge on any atom is 0.160 e. The van der Waals surface area contributed by atoms with Crippen LogP contribution in [0.15, 0.2) is 388 Å². The summed E-state index contributed by atoms with van der Waals surface area (Å²) >= 11 is 3.64. The topological polar surface area (TPSA) is 86.2 Å². The second-order valence-electron chi connectivity index (χ2n) is 28.0. The number of nitrogens with zero attached hydrogens (tertiary/aromatic N) is 8. The van der Waals surface area contributed by atoms with Gasteiger partial charge in [-0.2, -0.15) is 10.2 Å². The first-order valence-corrected chi connectivity index (χ1v) is 39.2. The van der Waals surface area contributed by atoms with E-state index in [0.29, 0.717) is 11.6 Å². The van der Waals surface area contributed by atoms with Crippen LogP contribution in [0.2, 0.25) is 0 Å². The van der Waals surface area contributed by atoms with Gasteiger partial charge in [0.2, 0.25) is 0 Å². The molecule has 524 valence electrons. The second-order valence-corrected chi connectivity index (χ2v) is 30.2. The average Bonchev–Trinajstić information content (AvgIpc) is 1.57. The molecule has 0 amide bonds. The van der Waals surface area contributed by atoms with Gasteiger partial charge in [-0.1, -0.05) is 346 Å². The van der Waals surface area contributed by atoms with E-state index in [2.05, 4.69) is 361 Å². The zero-order valence-corrected chi connectivity index (χ0v) is 62.0. The van der Waals surface area contributed by atoms with Gasteiger partial charge in [0.1, 0.15) is 11.4 Å². The third kappa shape index (κ3) is 11.8. The molecule has 0 spiro atoms. The van der Waals surface area contributed by atoms with E-state index in [-0.39, 0.29) is 0 Å². The molecular formula is C102H64N8S2. The summed E-state index contributed by atoms with van der Waals surface area (Å²) in [7, 11) is 0. The van der Waals surface area contributed by atoms with E-state index in [0.717, 1.165) is 145 Å². The van der Waals surface area contributed by atoms with Crippen molar-refractivity contribution in [3.63, 3.8) is 0 Å². The minimum Gasteiger partial charge on any atom is -0.231 e. The third-order valence-corrected chi connectivity index (χ3v) is 23.6. The van der Waals surface area contributed by atoms with Gasteiger partial charge in [0.25, 0.3) is 0 Å². The Morgan fingerprint density at radius 2 is 0.571 bits per heavy atom. The number of benzene rings is 14. The van der Waals surface area contributed by atoms with Crippen LogP contribution in [0.4, 0.5) is 0 Å². The molecule has 14 aromatic carbocycles. The Kier molecular flexibility index (Phi) is 16.4. The number of rotatable bonds is 12. The lowest BCUT2D eigenvalue weighted by Gasteiger charge is -2.12. The van der Waals surface area contributed by atoms with E-state index in [1.165, 1.54) is 51.1 Å². The summed E-state index contributed by atoms with van der Waals surface area (Å²) in [6.45, 7) is 0. The Morgan fingerprint density at radius 3 is 1.05 bits per heavy atom. The van der Waals surface area contributed by atoms with Gasteiger partial charge in [0.05, 0.1) is 45.2 Å². The molecule has 0 aliphatic rings. The van der Waals surface area contributed by atoms with Gasteiger partial charge in [0.15, 0.2) is 11.6 Å². The molecule has 22 aromatic rings. The first-order valence-electron chi connectivity index (χ1n) is 37.6. The maximum absolute atomic E-state index is 5.40. The monoisotopic (exact) mass is 1460 g/mol. The quantitative estimate of drug-likeness (QED) is 0.121. The zero-order chi connectivity index (χ0) is 74.0. The van der Waals surface area contributed by atoms with E-state index < -0.39 is 0 Å². The number of thiophene rings is 2. The SMILES string of the molecule is c1ccc(-c2nc(-c3ccc(-c4c(-c5ccccc5)nn5c(-c6ccccc6)cc6ccccc6c45)cc3)cc(-c3cccc4c3sc3ccccc34)n2)cc1.c1ccc(-c2nc(-c3ccc(-c4c(-c5ccccc5)nn5c(-c6ccccc6)cc6ccccc6c45)cc3)cc(-c3cccc4sc5ccccc5c34)n2)cc1. The third-order valence-electron chi connectivity index (χ3n) is 21.3. The summed E-state index contributed by atoms with van der Waals surface area (Å²) in [5.74, 6) is 1.40. The van der Waals surface area contributed by atoms with Crippen LogP contribution in [0.5, 0.6) is 0 Å². The van der Waals surface area contributed by atoms with Crippen molar-refractivity contribution in [3.05, 3.63) is 388 Å². The lowest BCUT2D eigenvalue weighted by Crippen LogP contribution is -1.96. The van der Waals surface area contributed by atoms with Crippen molar-refractivity contribution in [2.45, 2.75) is 0 Å². The predicted molar refractivity (Wildman–Crippen MR) is 468 cm³/mol. The summed E-state index contributed by atoms with van der Waals surface area (Å²) in [6, 6.07) is 137. The summed E-state index contributed by atoms with van der Waals surface area (Å²) in [6.07, 6.45) is 0. The molecule has 0 atom stereocenters. The van der Waals surface area contributed by atoms with Crippen LogP contribution >= 0.6 is 22.7 Å². The van der Waals surface area contributed by atoms with Crippen molar-refractivity contribution in [2.75, 3.05) is 0 Å². The minimum absolute atomic E-state index is 0.701. The molecule has 8 nitrogen and oxygen atoms in total. The van der Waals surface area contributed by atoms with Crippen LogP contribution in [0.3, 0.4) is 0 Å². The van der Waals surface area contributed by atoms with Crippen molar-refractivity contribution in [1.29, 1.82) is 0 Å². The highest BCUT2D eigenvalue weighted by atomic mass is 32.1. The van der Waals surface area contributed by atoms with Gasteiger partial charge >= 0.3 is 0 Å². The molecule has 0 saturated carbocycles. The normalized spacial score (nSPS) is 11.6. The Labute approximate surface area is 653 Å². The summed E-state index contributed by atoms with van der Waals surface area (Å²) < 4.78 is 9.31. The van der Waals surface area contributed by atoms with Crippen molar-refractivity contribution < 1.29 is 0 Å². The molecule has 0 saturated heterocycles. The molecule has 0 unspecified atom stereocenters. The van der Waals surface area contributed by atoms with Crippen LogP contribution in [0.1, 0.15) is 0 Å². The van der Waals surface area contributed by atoms with Crippen molar-refractivity contribution in [3.8, 4) is 135 Å². The van der Waals surface area contributed by atoms with Gasteiger partial charge in [-0.25, -0.2) is 29.0 Å². The molecule has 22 rings (SSSR count). The summed E-state index contributed by atoms with van der Waals surface area (Å²) in [5.41, 5.74) is 24.7. The Hall–Kier alpha value is -14.4. The van der Waals surface area contributed by atoms with Crippen LogP contribution in [-0.4, -0.2) is 39.2 Å². The van der Waals surface area contributed by atoms with Gasteiger partial charge < -0.3 is 0 Å². The van der Waals surface area contributed by atoms with E-state index in [1.807, 2.05) is 59.1 Å². The summed E-state index contributed by atoms with van der Waals surface area (Å²) in [4.78, 5) is 20.8. The van der Waals surface area contributed by atoms with E-state index in [9.17, 15) is 0 Å². The van der Waals surface area contributed by atoms with Crippen molar-refractivity contribution in [2.24, 2.45) is 0 Å². The lowest BCUT2D eigenvalue weighted by molar-refractivity contribution is 0.979. The molecule has 10 heteroatoms. The van der Waals surface area contributed by atoms with Crippen LogP contribution in [0, 0.1) is 0 Å². The molecule has 0 N–H and O–H groups in total. The number of hydrogen-bond acceptors (Lipinski definition) is 8. The maximum atomic E-state index is 5.40. The van der Waals surface area contributed by atoms with Crippen LogP contribution < -0.4 is 0 Å². The lowest BCUT2D eigenvalue weighted by atomic mass is 9.95. The van der Waals surface area contributed by atoms with Crippen molar-refractivity contribution in [1.82, 2.24) is 39.2 Å². The fourth-order valence-electron chi connectivity index (χ4n) is 16.0. The average molecular weight is 1470 g/mol. The highest BCUT2D eigenvalue weighted by Gasteiger charge is 2.26. The van der Waals surface area contributed by atoms with Gasteiger partial charge in [-0.05, 0) is 64.4 Å². The fraction of sp³-hybridized carbons (Fsp3) is 0. The van der Waals surface area contributed by atoms with Crippen LogP contribution in [-0.2, 0) is 0 Å². The molecule has 8 heterocycles. The molecule has 112 heavy (non-hydrogen) atoms. The predicted octanol–water partition coefficient (Wildman–Crippen LogP) is 27.3. The Morgan fingerprint density at radius 1 is 0.223 bits per heavy atom. The highest BCUT2D eigenvalue weighted by Crippen LogP contribution is 2.47. The molecule has 8 aromatic heterocycles. The molecule has 0 radical (unpaired) electrons. The number of fused-ring (bicyclic) bond motifs is 12. The number of hydrogen-bond donors (Lipinski definition) is 0. The molecule has 0 fully saturated rings. The molecule has 0 aliphatic carbocycles. The summed E-state index contributed by atoms with van der Waals surface area (Å²) in [5, 5.41) is 20.5. The van der Waals surface area contributed by atoms with E-state index in [4.69, 9.17) is 30.1 Å². The standard InChI is InChI=1S/2C51H32N4S/c1-4-15-34(16-5-1)45-31-38-21-10-11-22-39(38)49-47(48(54-55(45)49)36-17-6-2-7-18-36)35-29-27-33(28-30-35)43-32-44(53-51(52-43)37-19-8-3-9-20-37)42-25-14-24-41-40-23-12-13-26-46(40)56-50(41)42;1-4-15-34(16-5-1)44-31-38-21-10-11-22-39(38)50-47(49(54-55(44)50)36-17-6-2-7-18-36)35-29-27-33(28-30-35)42-32-43(53-51(52-42)37-19-8-3-9-20-37)40-24-14-26-46-48(40)41-23-12-13-25-45(41)56-46/h2*1-32H. The first kappa shape index (κ1) is 65.8. The molecular weight excluding hydrogens is 1400 g/mol. The first-order chi connectivity index (χ1) is 55.5. The number of pyridine rings is 2. The zero-order valence-electron chi connectivity index (χ0n) is 60.3. The fourth-order valence-corrected chi connectivity index (χ4v) is 18.4. The minimum atomic E-state index is 0.701. The Balaban J connectivity index is 0.000000141. The van der Waals surface area contributed by atoms with Crippen molar-refractivity contribution >= 4 is 95.6 Å². The largest absolute Gasteiger partial charge is 0.231 e. The van der Waals surface area contributed by atoms with E-state index >= 15 is 0 Å². The molecule has 0 bridgehead atoms. The van der Waals surface area contributed by atoms with E-state index in [1.54, 1.807) is 0 Å². The van der Waals surface area contributed by atoms with Crippen LogP contribution in [0.25, 0.3) is 208 Å². The highest BCUT2D eigenvalue weighted by molar-refractivity contribution is 7.26. The second kappa shape index (κ2) is 28.0. The molecule has 0 aliphatic heterocycles. The van der Waals surface area contributed by atoms with Gasteiger partial charge in [0, 0.05) is 118 Å². The van der Waals surface area contributed by atoms with Gasteiger partial charge in [-0.3, -0.25) is 0 Å².